The molecule has 0 saturated heterocycles. The zero-order valence-electron chi connectivity index (χ0n) is 14.5. The highest BCUT2D eigenvalue weighted by molar-refractivity contribution is 5.54. The molecular formula is C19H26N2. The van der Waals surface area contributed by atoms with Crippen molar-refractivity contribution in [1.29, 1.82) is 0 Å². The lowest BCUT2D eigenvalue weighted by atomic mass is 9.73. The molecule has 0 amide bonds. The van der Waals surface area contributed by atoms with Crippen molar-refractivity contribution in [2.75, 3.05) is 0 Å². The second-order valence-corrected chi connectivity index (χ2v) is 6.61. The summed E-state index contributed by atoms with van der Waals surface area (Å²) in [5.74, 6) is 0.830. The topological polar surface area (TPSA) is 25.8 Å². The summed E-state index contributed by atoms with van der Waals surface area (Å²) < 4.78 is 0. The normalized spacial score (nSPS) is 11.8. The van der Waals surface area contributed by atoms with Crippen molar-refractivity contribution in [2.45, 2.75) is 60.8 Å². The minimum absolute atomic E-state index is 0.120. The molecule has 0 unspecified atom stereocenters. The van der Waals surface area contributed by atoms with Crippen molar-refractivity contribution in [3.05, 3.63) is 57.2 Å². The Bertz CT molecular complexity index is 668. The fraction of sp³-hybridized carbons (Fsp3) is 0.474. The van der Waals surface area contributed by atoms with Crippen LogP contribution in [-0.4, -0.2) is 9.97 Å². The first-order valence-electron chi connectivity index (χ1n) is 7.55. The molecule has 2 rings (SSSR count). The lowest BCUT2D eigenvalue weighted by molar-refractivity contribution is 0.600. The fourth-order valence-electron chi connectivity index (χ4n) is 3.37. The van der Waals surface area contributed by atoms with Gasteiger partial charge in [-0.1, -0.05) is 13.8 Å². The lowest BCUT2D eigenvalue weighted by Crippen LogP contribution is -2.25. The number of aryl methyl sites for hydroxylation is 1. The molecule has 0 aliphatic rings. The zero-order chi connectivity index (χ0) is 15.9. The minimum atomic E-state index is -0.120. The standard InChI is InChI=1S/C19H26N2/c1-11-12(2)14(4)18(15(5)13(11)3)19(7,8)17-9-10-20-16(6)21-17/h9-10H,1-8H3. The van der Waals surface area contributed by atoms with Gasteiger partial charge in [0.15, 0.2) is 0 Å². The van der Waals surface area contributed by atoms with Crippen LogP contribution in [0, 0.1) is 41.5 Å². The summed E-state index contributed by atoms with van der Waals surface area (Å²) in [6.07, 6.45) is 1.86. The molecule has 0 saturated carbocycles. The number of hydrogen-bond acceptors (Lipinski definition) is 2. The zero-order valence-corrected chi connectivity index (χ0v) is 14.5. The molecule has 2 nitrogen and oxygen atoms in total. The molecule has 0 aliphatic heterocycles. The van der Waals surface area contributed by atoms with Crippen LogP contribution in [0.1, 0.15) is 58.7 Å². The third-order valence-electron chi connectivity index (χ3n) is 5.04. The average molecular weight is 282 g/mol. The SMILES string of the molecule is Cc1nccc(C(C)(C)c2c(C)c(C)c(C)c(C)c2C)n1. The van der Waals surface area contributed by atoms with E-state index in [1.165, 1.54) is 33.4 Å². The third kappa shape index (κ3) is 2.48. The highest BCUT2D eigenvalue weighted by Crippen LogP contribution is 2.38. The molecular weight excluding hydrogens is 256 g/mol. The molecule has 1 heterocycles. The van der Waals surface area contributed by atoms with Gasteiger partial charge in [-0.05, 0) is 81.0 Å². The highest BCUT2D eigenvalue weighted by atomic mass is 14.9. The molecule has 0 N–H and O–H groups in total. The van der Waals surface area contributed by atoms with E-state index in [0.29, 0.717) is 0 Å². The van der Waals surface area contributed by atoms with Gasteiger partial charge < -0.3 is 0 Å². The molecule has 2 heteroatoms. The van der Waals surface area contributed by atoms with Gasteiger partial charge in [0, 0.05) is 11.6 Å². The summed E-state index contributed by atoms with van der Waals surface area (Å²) in [5.41, 5.74) is 9.34. The molecule has 0 radical (unpaired) electrons. The van der Waals surface area contributed by atoms with E-state index in [2.05, 4.69) is 58.4 Å². The quantitative estimate of drug-likeness (QED) is 0.801. The van der Waals surface area contributed by atoms with Crippen molar-refractivity contribution in [2.24, 2.45) is 0 Å². The number of hydrogen-bond donors (Lipinski definition) is 0. The highest BCUT2D eigenvalue weighted by Gasteiger charge is 2.30. The molecule has 0 atom stereocenters. The number of rotatable bonds is 2. The second kappa shape index (κ2) is 5.25. The van der Waals surface area contributed by atoms with Gasteiger partial charge in [0.25, 0.3) is 0 Å². The van der Waals surface area contributed by atoms with E-state index in [0.717, 1.165) is 11.5 Å². The average Bonchev–Trinajstić information content (AvgIpc) is 2.43. The summed E-state index contributed by atoms with van der Waals surface area (Å²) in [5, 5.41) is 0. The summed E-state index contributed by atoms with van der Waals surface area (Å²) in [6, 6.07) is 2.04. The van der Waals surface area contributed by atoms with Gasteiger partial charge in [-0.25, -0.2) is 9.97 Å². The number of aromatic nitrogens is 2. The molecule has 0 fully saturated rings. The van der Waals surface area contributed by atoms with Crippen LogP contribution < -0.4 is 0 Å². The molecule has 2 aromatic rings. The predicted molar refractivity (Wildman–Crippen MR) is 89.0 cm³/mol. The first kappa shape index (κ1) is 15.7. The molecule has 1 aromatic heterocycles. The van der Waals surface area contributed by atoms with E-state index in [9.17, 15) is 0 Å². The Morgan fingerprint density at radius 2 is 1.24 bits per heavy atom. The van der Waals surface area contributed by atoms with Gasteiger partial charge in [-0.15, -0.1) is 0 Å². The summed E-state index contributed by atoms with van der Waals surface area (Å²) in [6.45, 7) is 17.6. The maximum atomic E-state index is 4.67. The summed E-state index contributed by atoms with van der Waals surface area (Å²) >= 11 is 0. The van der Waals surface area contributed by atoms with E-state index in [-0.39, 0.29) is 5.41 Å². The fourth-order valence-corrected chi connectivity index (χ4v) is 3.37. The Kier molecular flexibility index (Phi) is 3.92. The summed E-state index contributed by atoms with van der Waals surface area (Å²) in [7, 11) is 0. The van der Waals surface area contributed by atoms with Crippen LogP contribution in [-0.2, 0) is 5.41 Å². The van der Waals surface area contributed by atoms with E-state index < -0.39 is 0 Å². The van der Waals surface area contributed by atoms with Crippen LogP contribution in [0.5, 0.6) is 0 Å². The third-order valence-corrected chi connectivity index (χ3v) is 5.04. The van der Waals surface area contributed by atoms with Gasteiger partial charge in [0.1, 0.15) is 5.82 Å². The maximum absolute atomic E-state index is 4.67. The first-order valence-corrected chi connectivity index (χ1v) is 7.55. The summed E-state index contributed by atoms with van der Waals surface area (Å²) in [4.78, 5) is 8.90. The minimum Gasteiger partial charge on any atom is -0.242 e. The lowest BCUT2D eigenvalue weighted by Gasteiger charge is -2.31. The Morgan fingerprint density at radius 1 is 0.762 bits per heavy atom. The molecule has 1 aromatic carbocycles. The van der Waals surface area contributed by atoms with Crippen LogP contribution >= 0.6 is 0 Å². The number of benzene rings is 1. The van der Waals surface area contributed by atoms with E-state index >= 15 is 0 Å². The van der Waals surface area contributed by atoms with Crippen molar-refractivity contribution >= 4 is 0 Å². The Morgan fingerprint density at radius 3 is 1.71 bits per heavy atom. The molecule has 0 aliphatic carbocycles. The Labute approximate surface area is 128 Å². The van der Waals surface area contributed by atoms with E-state index in [4.69, 9.17) is 0 Å². The first-order chi connectivity index (χ1) is 9.67. The molecule has 112 valence electrons. The van der Waals surface area contributed by atoms with Crippen LogP contribution in [0.15, 0.2) is 12.3 Å². The smallest absolute Gasteiger partial charge is 0.125 e. The van der Waals surface area contributed by atoms with Gasteiger partial charge >= 0.3 is 0 Å². The van der Waals surface area contributed by atoms with Gasteiger partial charge in [-0.3, -0.25) is 0 Å². The van der Waals surface area contributed by atoms with Gasteiger partial charge in [0.2, 0.25) is 0 Å². The Balaban J connectivity index is 2.77. The molecule has 0 bridgehead atoms. The Hall–Kier alpha value is -1.70. The predicted octanol–water partition coefficient (Wildman–Crippen LogP) is 4.65. The maximum Gasteiger partial charge on any atom is 0.125 e. The van der Waals surface area contributed by atoms with Crippen molar-refractivity contribution < 1.29 is 0 Å². The molecule has 21 heavy (non-hydrogen) atoms. The van der Waals surface area contributed by atoms with Gasteiger partial charge in [0.05, 0.1) is 5.69 Å². The van der Waals surface area contributed by atoms with Crippen molar-refractivity contribution in [3.63, 3.8) is 0 Å². The molecule has 0 spiro atoms. The van der Waals surface area contributed by atoms with E-state index in [1.807, 2.05) is 19.2 Å². The van der Waals surface area contributed by atoms with Gasteiger partial charge in [-0.2, -0.15) is 0 Å². The number of nitrogens with zero attached hydrogens (tertiary/aromatic N) is 2. The van der Waals surface area contributed by atoms with E-state index in [1.54, 1.807) is 0 Å². The largest absolute Gasteiger partial charge is 0.242 e. The van der Waals surface area contributed by atoms with Crippen molar-refractivity contribution in [3.8, 4) is 0 Å². The van der Waals surface area contributed by atoms with Crippen LogP contribution in [0.3, 0.4) is 0 Å². The van der Waals surface area contributed by atoms with Crippen LogP contribution in [0.2, 0.25) is 0 Å². The monoisotopic (exact) mass is 282 g/mol. The van der Waals surface area contributed by atoms with Crippen molar-refractivity contribution in [1.82, 2.24) is 9.97 Å². The van der Waals surface area contributed by atoms with Crippen LogP contribution in [0.25, 0.3) is 0 Å². The van der Waals surface area contributed by atoms with Crippen LogP contribution in [0.4, 0.5) is 0 Å². The second-order valence-electron chi connectivity index (χ2n) is 6.61.